The number of ether oxygens (including phenoxy) is 1. The third kappa shape index (κ3) is 1.86. The Hall–Kier alpha value is -0.350. The quantitative estimate of drug-likeness (QED) is 0.395. The van der Waals surface area contributed by atoms with Gasteiger partial charge in [-0.1, -0.05) is 22.7 Å². The van der Waals surface area contributed by atoms with Gasteiger partial charge >= 0.3 is 5.97 Å². The minimum atomic E-state index is -1.39. The summed E-state index contributed by atoms with van der Waals surface area (Å²) in [5.74, 6) is -0.255. The first-order chi connectivity index (χ1) is 6.41. The van der Waals surface area contributed by atoms with Gasteiger partial charge in [0, 0.05) is 12.2 Å². The molecule has 0 saturated carbocycles. The Morgan fingerprint density at radius 1 is 1.50 bits per heavy atom. The van der Waals surface area contributed by atoms with Gasteiger partial charge in [-0.05, 0) is 13.8 Å². The molecule has 0 aromatic heterocycles. The summed E-state index contributed by atoms with van der Waals surface area (Å²) in [4.78, 5) is 11.4. The largest absolute Gasteiger partial charge is 0.467 e. The first-order valence-corrected chi connectivity index (χ1v) is 5.92. The fraction of sp³-hybridized carbons (Fsp3) is 0.667. The van der Waals surface area contributed by atoms with Crippen LogP contribution in [0.4, 0.5) is 0 Å². The molecule has 1 aliphatic rings. The van der Waals surface area contributed by atoms with Crippen LogP contribution in [0.25, 0.3) is 0 Å². The van der Waals surface area contributed by atoms with Crippen molar-refractivity contribution in [2.24, 2.45) is 0 Å². The fourth-order valence-electron chi connectivity index (χ4n) is 1.32. The van der Waals surface area contributed by atoms with Crippen LogP contribution in [0.3, 0.4) is 0 Å². The minimum absolute atomic E-state index is 0.305. The van der Waals surface area contributed by atoms with Crippen molar-refractivity contribution < 1.29 is 13.7 Å². The van der Waals surface area contributed by atoms with Crippen molar-refractivity contribution in [2.45, 2.75) is 24.5 Å². The first kappa shape index (κ1) is 11.7. The van der Waals surface area contributed by atoms with Crippen LogP contribution < -0.4 is 0 Å². The van der Waals surface area contributed by atoms with E-state index < -0.39 is 21.0 Å². The molecule has 2 atom stereocenters. The highest BCUT2D eigenvalue weighted by Gasteiger charge is 2.46. The molecule has 0 aromatic carbocycles. The molecule has 0 N–H and O–H groups in total. The molecule has 0 saturated heterocycles. The minimum Gasteiger partial charge on any atom is -0.467 e. The standard InChI is InChI=1S/C9H13ClO3S/c1-6-4-9(10,8(11)13-3)14(12)5-7(6)2/h4-5H2,1-3H3. The second kappa shape index (κ2) is 4.03. The van der Waals surface area contributed by atoms with Gasteiger partial charge in [0.25, 0.3) is 0 Å². The lowest BCUT2D eigenvalue weighted by Crippen LogP contribution is -2.42. The van der Waals surface area contributed by atoms with Crippen LogP contribution in [0.1, 0.15) is 20.3 Å². The molecule has 5 heteroatoms. The predicted octanol–water partition coefficient (Wildman–Crippen LogP) is 1.58. The monoisotopic (exact) mass is 236 g/mol. The lowest BCUT2D eigenvalue weighted by Gasteiger charge is -2.29. The number of methoxy groups -OCH3 is 1. The van der Waals surface area contributed by atoms with E-state index in [0.717, 1.165) is 11.1 Å². The molecule has 0 radical (unpaired) electrons. The molecule has 3 nitrogen and oxygen atoms in total. The van der Waals surface area contributed by atoms with E-state index in [1.807, 2.05) is 13.8 Å². The summed E-state index contributed by atoms with van der Waals surface area (Å²) in [7, 11) is -0.137. The summed E-state index contributed by atoms with van der Waals surface area (Å²) < 4.78 is 14.9. The van der Waals surface area contributed by atoms with Crippen LogP contribution >= 0.6 is 11.6 Å². The highest BCUT2D eigenvalue weighted by atomic mass is 35.5. The van der Waals surface area contributed by atoms with E-state index >= 15 is 0 Å². The first-order valence-electron chi connectivity index (χ1n) is 4.23. The van der Waals surface area contributed by atoms with Crippen molar-refractivity contribution in [3.8, 4) is 0 Å². The zero-order valence-electron chi connectivity index (χ0n) is 8.43. The van der Waals surface area contributed by atoms with Crippen molar-refractivity contribution >= 4 is 28.4 Å². The molecule has 80 valence electrons. The molecule has 0 bridgehead atoms. The molecular weight excluding hydrogens is 224 g/mol. The Bertz CT molecular complexity index is 324. The summed E-state index contributed by atoms with van der Waals surface area (Å²) in [5, 5.41) is 0. The molecule has 0 aromatic rings. The van der Waals surface area contributed by atoms with Gasteiger partial charge in [0.05, 0.1) is 17.9 Å². The van der Waals surface area contributed by atoms with Gasteiger partial charge in [0.2, 0.25) is 4.21 Å². The summed E-state index contributed by atoms with van der Waals surface area (Å²) in [6.07, 6.45) is 0.305. The third-order valence-electron chi connectivity index (χ3n) is 2.42. The normalized spacial score (nSPS) is 33.0. The summed E-state index contributed by atoms with van der Waals surface area (Å²) in [6, 6.07) is 0. The van der Waals surface area contributed by atoms with E-state index in [9.17, 15) is 9.00 Å². The van der Waals surface area contributed by atoms with Crippen molar-refractivity contribution in [2.75, 3.05) is 12.9 Å². The summed E-state index contributed by atoms with van der Waals surface area (Å²) in [5.41, 5.74) is 2.06. The maximum absolute atomic E-state index is 11.7. The molecule has 1 rings (SSSR count). The fourth-order valence-corrected chi connectivity index (χ4v) is 3.28. The van der Waals surface area contributed by atoms with Crippen molar-refractivity contribution in [3.05, 3.63) is 11.1 Å². The SMILES string of the molecule is COC(=O)C1(Cl)CC(C)=C(C)CS1=O. The average molecular weight is 237 g/mol. The molecule has 14 heavy (non-hydrogen) atoms. The van der Waals surface area contributed by atoms with Gasteiger partial charge in [-0.25, -0.2) is 4.79 Å². The van der Waals surface area contributed by atoms with E-state index in [1.54, 1.807) is 0 Å². The van der Waals surface area contributed by atoms with Gasteiger partial charge in [0.1, 0.15) is 0 Å². The molecule has 0 spiro atoms. The topological polar surface area (TPSA) is 43.4 Å². The second-order valence-corrected chi connectivity index (χ2v) is 5.99. The Balaban J connectivity index is 3.03. The van der Waals surface area contributed by atoms with E-state index in [-0.39, 0.29) is 0 Å². The highest BCUT2D eigenvalue weighted by Crippen LogP contribution is 2.36. The Morgan fingerprint density at radius 3 is 2.57 bits per heavy atom. The number of hydrogen-bond acceptors (Lipinski definition) is 3. The van der Waals surface area contributed by atoms with E-state index in [0.29, 0.717) is 12.2 Å². The van der Waals surface area contributed by atoms with Crippen molar-refractivity contribution in [3.63, 3.8) is 0 Å². The highest BCUT2D eigenvalue weighted by molar-refractivity contribution is 7.89. The zero-order chi connectivity index (χ0) is 10.9. The lowest BCUT2D eigenvalue weighted by molar-refractivity contribution is -0.141. The number of carbonyl (C=O) groups is 1. The molecule has 0 amide bonds. The lowest BCUT2D eigenvalue weighted by atomic mass is 10.1. The van der Waals surface area contributed by atoms with Crippen LogP contribution in [-0.4, -0.2) is 27.2 Å². The molecule has 1 aliphatic heterocycles. The van der Waals surface area contributed by atoms with Crippen molar-refractivity contribution in [1.29, 1.82) is 0 Å². The van der Waals surface area contributed by atoms with Gasteiger partial charge in [-0.3, -0.25) is 4.21 Å². The number of allylic oxidation sites excluding steroid dienone is 1. The van der Waals surface area contributed by atoms with Gasteiger partial charge in [-0.2, -0.15) is 0 Å². The van der Waals surface area contributed by atoms with Gasteiger partial charge in [-0.15, -0.1) is 0 Å². The van der Waals surface area contributed by atoms with Crippen LogP contribution in [0.15, 0.2) is 11.1 Å². The number of hydrogen-bond donors (Lipinski definition) is 0. The number of alkyl halides is 1. The second-order valence-electron chi connectivity index (χ2n) is 3.45. The molecular formula is C9H13ClO3S. The number of rotatable bonds is 1. The smallest absolute Gasteiger partial charge is 0.340 e. The van der Waals surface area contributed by atoms with Crippen LogP contribution in [-0.2, 0) is 20.3 Å². The number of halogens is 1. The van der Waals surface area contributed by atoms with Crippen LogP contribution in [0.5, 0.6) is 0 Å². The van der Waals surface area contributed by atoms with E-state index in [4.69, 9.17) is 11.6 Å². The average Bonchev–Trinajstić information content (AvgIpc) is 2.13. The van der Waals surface area contributed by atoms with E-state index in [2.05, 4.69) is 4.74 Å². The van der Waals surface area contributed by atoms with Crippen LogP contribution in [0, 0.1) is 0 Å². The Labute approximate surface area is 90.9 Å². The maximum Gasteiger partial charge on any atom is 0.340 e. The van der Waals surface area contributed by atoms with Crippen molar-refractivity contribution in [1.82, 2.24) is 0 Å². The van der Waals surface area contributed by atoms with Gasteiger partial charge < -0.3 is 4.74 Å². The summed E-state index contributed by atoms with van der Waals surface area (Å²) in [6.45, 7) is 3.80. The van der Waals surface area contributed by atoms with E-state index in [1.165, 1.54) is 7.11 Å². The number of carbonyl (C=O) groups excluding carboxylic acids is 1. The molecule has 2 unspecified atom stereocenters. The maximum atomic E-state index is 11.7. The number of esters is 1. The third-order valence-corrected chi connectivity index (χ3v) is 4.95. The zero-order valence-corrected chi connectivity index (χ0v) is 10.00. The molecule has 0 aliphatic carbocycles. The van der Waals surface area contributed by atoms with Gasteiger partial charge in [0.15, 0.2) is 0 Å². The molecule has 0 fully saturated rings. The predicted molar refractivity (Wildman–Crippen MR) is 56.6 cm³/mol. The Kier molecular flexibility index (Phi) is 3.37. The van der Waals surface area contributed by atoms with Crippen LogP contribution in [0.2, 0.25) is 0 Å². The Morgan fingerprint density at radius 2 is 2.07 bits per heavy atom. The molecule has 1 heterocycles. The summed E-state index contributed by atoms with van der Waals surface area (Å²) >= 11 is 6.03.